The quantitative estimate of drug-likeness (QED) is 0.762. The molecule has 0 fully saturated rings. The van der Waals surface area contributed by atoms with Gasteiger partial charge in [0.1, 0.15) is 0 Å². The third-order valence-electron chi connectivity index (χ3n) is 2.49. The van der Waals surface area contributed by atoms with Crippen LogP contribution in [0.5, 0.6) is 0 Å². The van der Waals surface area contributed by atoms with Crippen molar-refractivity contribution >= 4 is 35.1 Å². The van der Waals surface area contributed by atoms with E-state index in [0.29, 0.717) is 11.9 Å². The summed E-state index contributed by atoms with van der Waals surface area (Å²) in [4.78, 5) is 16.5. The number of fused-ring (bicyclic) bond motifs is 1. The Kier molecular flexibility index (Phi) is 3.53. The van der Waals surface area contributed by atoms with Crippen molar-refractivity contribution in [3.63, 3.8) is 0 Å². The van der Waals surface area contributed by atoms with Crippen LogP contribution in [0, 0.1) is 0 Å². The number of anilines is 3. The van der Waals surface area contributed by atoms with E-state index in [1.54, 1.807) is 10.7 Å². The van der Waals surface area contributed by atoms with Gasteiger partial charge in [-0.2, -0.15) is 19.9 Å². The van der Waals surface area contributed by atoms with Crippen molar-refractivity contribution in [3.05, 3.63) is 29.7 Å². The van der Waals surface area contributed by atoms with Crippen LogP contribution in [0.1, 0.15) is 13.8 Å². The van der Waals surface area contributed by atoms with Crippen molar-refractivity contribution in [2.45, 2.75) is 19.9 Å². The lowest BCUT2D eigenvalue weighted by Gasteiger charge is -2.08. The van der Waals surface area contributed by atoms with E-state index < -0.39 is 0 Å². The van der Waals surface area contributed by atoms with Crippen LogP contribution in [-0.4, -0.2) is 35.6 Å². The summed E-state index contributed by atoms with van der Waals surface area (Å²) in [6.45, 7) is 3.96. The Morgan fingerprint density at radius 1 is 1.05 bits per heavy atom. The van der Waals surface area contributed by atoms with E-state index in [0.717, 1.165) is 5.65 Å². The topological polar surface area (TPSA) is 92.9 Å². The fraction of sp³-hybridized carbons (Fsp3) is 0.250. The second-order valence-electron chi connectivity index (χ2n) is 4.61. The Morgan fingerprint density at radius 2 is 1.86 bits per heavy atom. The zero-order chi connectivity index (χ0) is 14.8. The van der Waals surface area contributed by atoms with Gasteiger partial charge >= 0.3 is 0 Å². The number of pyridine rings is 1. The number of hydrogen-bond acceptors (Lipinski definition) is 7. The fourth-order valence-corrected chi connectivity index (χ4v) is 1.87. The lowest BCUT2D eigenvalue weighted by atomic mass is 10.4. The third-order valence-corrected chi connectivity index (χ3v) is 2.66. The third kappa shape index (κ3) is 3.16. The second-order valence-corrected chi connectivity index (χ2v) is 4.95. The average Bonchev–Trinajstić information content (AvgIpc) is 2.78. The van der Waals surface area contributed by atoms with Gasteiger partial charge in [0.15, 0.2) is 5.65 Å². The van der Waals surface area contributed by atoms with Crippen LogP contribution in [-0.2, 0) is 0 Å². The maximum atomic E-state index is 5.89. The van der Waals surface area contributed by atoms with Gasteiger partial charge < -0.3 is 5.32 Å². The molecule has 0 aliphatic rings. The van der Waals surface area contributed by atoms with Crippen LogP contribution in [0.15, 0.2) is 24.4 Å². The maximum absolute atomic E-state index is 5.89. The number of hydrogen-bond donors (Lipinski definition) is 2. The summed E-state index contributed by atoms with van der Waals surface area (Å²) in [7, 11) is 0. The summed E-state index contributed by atoms with van der Waals surface area (Å²) in [5.74, 6) is 1.07. The van der Waals surface area contributed by atoms with Crippen molar-refractivity contribution in [2.75, 3.05) is 10.6 Å². The molecule has 0 bridgehead atoms. The first-order chi connectivity index (χ1) is 10.1. The molecule has 3 aromatic heterocycles. The number of aromatic nitrogens is 6. The van der Waals surface area contributed by atoms with E-state index in [1.807, 2.05) is 32.0 Å². The Balaban J connectivity index is 1.88. The first kappa shape index (κ1) is 13.5. The SMILES string of the molecule is CC(C)Nc1nc(Cl)nc(Nc2nc3ccccn3n2)n1. The summed E-state index contributed by atoms with van der Waals surface area (Å²) in [5, 5.41) is 10.3. The van der Waals surface area contributed by atoms with Crippen molar-refractivity contribution in [1.29, 1.82) is 0 Å². The van der Waals surface area contributed by atoms with Gasteiger partial charge in [-0.1, -0.05) is 6.07 Å². The highest BCUT2D eigenvalue weighted by atomic mass is 35.5. The molecule has 2 N–H and O–H groups in total. The largest absolute Gasteiger partial charge is 0.352 e. The lowest BCUT2D eigenvalue weighted by Crippen LogP contribution is -2.14. The Labute approximate surface area is 125 Å². The molecule has 0 spiro atoms. The summed E-state index contributed by atoms with van der Waals surface area (Å²) in [6.07, 6.45) is 1.81. The Morgan fingerprint density at radius 3 is 2.62 bits per heavy atom. The summed E-state index contributed by atoms with van der Waals surface area (Å²) in [5.41, 5.74) is 0.723. The molecule has 0 aliphatic heterocycles. The molecule has 9 heteroatoms. The molecule has 0 amide bonds. The standard InChI is InChI=1S/C12H13ClN8/c1-7(2)14-10-16-9(13)17-11(18-10)19-12-15-8-5-3-4-6-21(8)20-12/h3-7H,1-2H3,(H2,14,16,17,18,19,20). The molecular formula is C12H13ClN8. The molecule has 0 aliphatic carbocycles. The van der Waals surface area contributed by atoms with E-state index in [1.165, 1.54) is 0 Å². The Bertz CT molecular complexity index is 736. The Hall–Kier alpha value is -2.48. The van der Waals surface area contributed by atoms with Gasteiger partial charge in [-0.3, -0.25) is 5.32 Å². The molecular weight excluding hydrogens is 292 g/mol. The summed E-state index contributed by atoms with van der Waals surface area (Å²) in [6, 6.07) is 5.79. The molecule has 0 aromatic carbocycles. The number of nitrogens with one attached hydrogen (secondary N) is 2. The number of halogens is 1. The highest BCUT2D eigenvalue weighted by Gasteiger charge is 2.09. The van der Waals surface area contributed by atoms with E-state index in [9.17, 15) is 0 Å². The minimum atomic E-state index is 0.0967. The maximum Gasteiger partial charge on any atom is 0.249 e. The van der Waals surface area contributed by atoms with Crippen molar-refractivity contribution in [2.24, 2.45) is 0 Å². The fourth-order valence-electron chi connectivity index (χ4n) is 1.71. The van der Waals surface area contributed by atoms with Gasteiger partial charge in [0.05, 0.1) is 0 Å². The molecule has 3 aromatic rings. The molecule has 3 rings (SSSR count). The summed E-state index contributed by atoms with van der Waals surface area (Å²) >= 11 is 5.89. The predicted molar refractivity (Wildman–Crippen MR) is 79.9 cm³/mol. The predicted octanol–water partition coefficient (Wildman–Crippen LogP) is 2.13. The monoisotopic (exact) mass is 304 g/mol. The van der Waals surface area contributed by atoms with Gasteiger partial charge in [-0.05, 0) is 37.6 Å². The van der Waals surface area contributed by atoms with Crippen LogP contribution in [0.25, 0.3) is 5.65 Å². The first-order valence-electron chi connectivity index (χ1n) is 6.37. The van der Waals surface area contributed by atoms with Crippen LogP contribution in [0.2, 0.25) is 5.28 Å². The highest BCUT2D eigenvalue weighted by Crippen LogP contribution is 2.14. The van der Waals surface area contributed by atoms with Gasteiger partial charge in [-0.15, -0.1) is 5.10 Å². The highest BCUT2D eigenvalue weighted by molar-refractivity contribution is 6.28. The normalized spacial score (nSPS) is 11.0. The van der Waals surface area contributed by atoms with Gasteiger partial charge in [0.2, 0.25) is 23.1 Å². The molecule has 3 heterocycles. The molecule has 8 nitrogen and oxygen atoms in total. The summed E-state index contributed by atoms with van der Waals surface area (Å²) < 4.78 is 1.65. The van der Waals surface area contributed by atoms with Gasteiger partial charge in [0.25, 0.3) is 0 Å². The van der Waals surface area contributed by atoms with Crippen molar-refractivity contribution < 1.29 is 0 Å². The van der Waals surface area contributed by atoms with Gasteiger partial charge in [0, 0.05) is 12.2 Å². The zero-order valence-electron chi connectivity index (χ0n) is 11.4. The molecule has 0 saturated heterocycles. The van der Waals surface area contributed by atoms with Crippen LogP contribution in [0.4, 0.5) is 17.8 Å². The molecule has 21 heavy (non-hydrogen) atoms. The second kappa shape index (κ2) is 5.49. The van der Waals surface area contributed by atoms with Gasteiger partial charge in [-0.25, -0.2) is 4.52 Å². The van der Waals surface area contributed by atoms with E-state index in [-0.39, 0.29) is 17.3 Å². The smallest absolute Gasteiger partial charge is 0.249 e. The average molecular weight is 305 g/mol. The zero-order valence-corrected chi connectivity index (χ0v) is 12.2. The number of nitrogens with zero attached hydrogens (tertiary/aromatic N) is 6. The molecule has 0 unspecified atom stereocenters. The van der Waals surface area contributed by atoms with Crippen molar-refractivity contribution in [3.8, 4) is 0 Å². The minimum absolute atomic E-state index is 0.0967. The molecule has 0 radical (unpaired) electrons. The van der Waals surface area contributed by atoms with Crippen molar-refractivity contribution in [1.82, 2.24) is 29.5 Å². The minimum Gasteiger partial charge on any atom is -0.352 e. The van der Waals surface area contributed by atoms with Crippen LogP contribution in [0.3, 0.4) is 0 Å². The van der Waals surface area contributed by atoms with E-state index >= 15 is 0 Å². The molecule has 0 atom stereocenters. The number of rotatable bonds is 4. The van der Waals surface area contributed by atoms with Crippen LogP contribution < -0.4 is 10.6 Å². The molecule has 0 saturated carbocycles. The van der Waals surface area contributed by atoms with Crippen LogP contribution >= 0.6 is 11.6 Å². The molecule has 108 valence electrons. The first-order valence-corrected chi connectivity index (χ1v) is 6.74. The lowest BCUT2D eigenvalue weighted by molar-refractivity contribution is 0.867. The van der Waals surface area contributed by atoms with E-state index in [4.69, 9.17) is 11.6 Å². The van der Waals surface area contributed by atoms with E-state index in [2.05, 4.69) is 35.7 Å².